The molecule has 0 aromatic rings. The maximum atomic E-state index is 11.6. The molecule has 7 heteroatoms. The van der Waals surface area contributed by atoms with Gasteiger partial charge in [0.1, 0.15) is 6.29 Å². The molecule has 1 unspecified atom stereocenters. The molecule has 3 amide bonds. The second-order valence-electron chi connectivity index (χ2n) is 4.43. The molecule has 1 aliphatic rings. The van der Waals surface area contributed by atoms with Gasteiger partial charge in [-0.1, -0.05) is 6.92 Å². The highest BCUT2D eigenvalue weighted by molar-refractivity contribution is 6.06. The Bertz CT molecular complexity index is 418. The molecule has 0 radical (unpaired) electrons. The van der Waals surface area contributed by atoms with Gasteiger partial charge < -0.3 is 10.1 Å². The summed E-state index contributed by atoms with van der Waals surface area (Å²) >= 11 is 0. The number of imide groups is 1. The van der Waals surface area contributed by atoms with Crippen LogP contribution in [0.25, 0.3) is 0 Å². The fourth-order valence-electron chi connectivity index (χ4n) is 1.77. The first kappa shape index (κ1) is 15.0. The van der Waals surface area contributed by atoms with Crippen LogP contribution in [0.15, 0.2) is 0 Å². The third-order valence-electron chi connectivity index (χ3n) is 2.82. The van der Waals surface area contributed by atoms with E-state index in [9.17, 15) is 24.0 Å². The standard InChI is InChI=1S/C12H16N2O5/c1-8-6-11(18)14(12(8)19)7-9(16)2-3-10(17)13-4-5-15/h5,8H,2-4,6-7H2,1H3,(H,13,17). The number of Topliss-reactive ketones (excluding diaryl/α,β-unsaturated/α-hetero) is 1. The van der Waals surface area contributed by atoms with Gasteiger partial charge in [0, 0.05) is 25.2 Å². The average molecular weight is 268 g/mol. The molecule has 0 aromatic carbocycles. The number of carbonyl (C=O) groups excluding carboxylic acids is 5. The summed E-state index contributed by atoms with van der Waals surface area (Å²) in [4.78, 5) is 56.7. The number of nitrogens with one attached hydrogen (secondary N) is 1. The monoisotopic (exact) mass is 268 g/mol. The summed E-state index contributed by atoms with van der Waals surface area (Å²) in [5.41, 5.74) is 0. The van der Waals surface area contributed by atoms with Gasteiger partial charge in [-0.05, 0) is 0 Å². The second-order valence-corrected chi connectivity index (χ2v) is 4.43. The second kappa shape index (κ2) is 6.77. The van der Waals surface area contributed by atoms with Gasteiger partial charge in [-0.3, -0.25) is 24.1 Å². The molecule has 0 spiro atoms. The molecule has 1 heterocycles. The van der Waals surface area contributed by atoms with Crippen LogP contribution in [0, 0.1) is 5.92 Å². The first-order chi connectivity index (χ1) is 8.95. The van der Waals surface area contributed by atoms with Crippen molar-refractivity contribution in [1.29, 1.82) is 0 Å². The lowest BCUT2D eigenvalue weighted by atomic mass is 10.1. The van der Waals surface area contributed by atoms with Crippen molar-refractivity contribution in [3.05, 3.63) is 0 Å². The number of hydrogen-bond acceptors (Lipinski definition) is 5. The number of carbonyl (C=O) groups is 5. The van der Waals surface area contributed by atoms with Crippen LogP contribution in [0.5, 0.6) is 0 Å². The first-order valence-electron chi connectivity index (χ1n) is 6.02. The number of hydrogen-bond donors (Lipinski definition) is 1. The summed E-state index contributed by atoms with van der Waals surface area (Å²) in [6.45, 7) is 1.27. The van der Waals surface area contributed by atoms with Crippen molar-refractivity contribution in [1.82, 2.24) is 10.2 Å². The zero-order valence-corrected chi connectivity index (χ0v) is 10.7. The molecular weight excluding hydrogens is 252 g/mol. The van der Waals surface area contributed by atoms with Crippen molar-refractivity contribution < 1.29 is 24.0 Å². The topological polar surface area (TPSA) is 101 Å². The van der Waals surface area contributed by atoms with E-state index in [0.29, 0.717) is 6.29 Å². The van der Waals surface area contributed by atoms with Crippen molar-refractivity contribution in [2.24, 2.45) is 5.92 Å². The molecule has 0 aromatic heterocycles. The summed E-state index contributed by atoms with van der Waals surface area (Å²) in [5.74, 6) is -1.83. The molecule has 0 bridgehead atoms. The minimum absolute atomic E-state index is 0.0571. The van der Waals surface area contributed by atoms with E-state index in [1.165, 1.54) is 0 Å². The summed E-state index contributed by atoms with van der Waals surface area (Å²) in [6.07, 6.45) is 0.559. The van der Waals surface area contributed by atoms with Gasteiger partial charge >= 0.3 is 0 Å². The molecule has 1 fully saturated rings. The third kappa shape index (κ3) is 4.27. The first-order valence-corrected chi connectivity index (χ1v) is 6.02. The van der Waals surface area contributed by atoms with Crippen LogP contribution >= 0.6 is 0 Å². The molecule has 1 aliphatic heterocycles. The largest absolute Gasteiger partial charge is 0.349 e. The lowest BCUT2D eigenvalue weighted by molar-refractivity contribution is -0.142. The van der Waals surface area contributed by atoms with Gasteiger partial charge in [-0.25, -0.2) is 0 Å². The Kier molecular flexibility index (Phi) is 5.35. The highest BCUT2D eigenvalue weighted by Crippen LogP contribution is 2.18. The highest BCUT2D eigenvalue weighted by atomic mass is 16.2. The molecule has 1 atom stereocenters. The van der Waals surface area contributed by atoms with E-state index >= 15 is 0 Å². The Balaban J connectivity index is 2.35. The van der Waals surface area contributed by atoms with Crippen LogP contribution in [-0.4, -0.2) is 47.8 Å². The van der Waals surface area contributed by atoms with Gasteiger partial charge in [-0.15, -0.1) is 0 Å². The lowest BCUT2D eigenvalue weighted by Crippen LogP contribution is -2.35. The fourth-order valence-corrected chi connectivity index (χ4v) is 1.77. The van der Waals surface area contributed by atoms with Crippen LogP contribution in [0.1, 0.15) is 26.2 Å². The molecular formula is C12H16N2O5. The van der Waals surface area contributed by atoms with Crippen molar-refractivity contribution in [3.63, 3.8) is 0 Å². The maximum absolute atomic E-state index is 11.6. The van der Waals surface area contributed by atoms with Crippen molar-refractivity contribution in [2.45, 2.75) is 26.2 Å². The number of likely N-dealkylation sites (tertiary alicyclic amines) is 1. The minimum Gasteiger partial charge on any atom is -0.349 e. The molecule has 0 saturated carbocycles. The number of nitrogens with zero attached hydrogens (tertiary/aromatic N) is 1. The number of ketones is 1. The molecule has 1 saturated heterocycles. The van der Waals surface area contributed by atoms with Crippen LogP contribution in [0.4, 0.5) is 0 Å². The van der Waals surface area contributed by atoms with E-state index in [1.54, 1.807) is 6.92 Å². The van der Waals surface area contributed by atoms with E-state index in [2.05, 4.69) is 5.32 Å². The predicted octanol–water partition coefficient (Wildman–Crippen LogP) is -0.954. The number of rotatable bonds is 7. The molecule has 1 N–H and O–H groups in total. The Hall–Kier alpha value is -2.05. The Morgan fingerprint density at radius 2 is 2.05 bits per heavy atom. The maximum Gasteiger partial charge on any atom is 0.232 e. The highest BCUT2D eigenvalue weighted by Gasteiger charge is 2.36. The van der Waals surface area contributed by atoms with Gasteiger partial charge in [0.2, 0.25) is 17.7 Å². The summed E-state index contributed by atoms with van der Waals surface area (Å²) in [5, 5.41) is 2.30. The van der Waals surface area contributed by atoms with Gasteiger partial charge in [-0.2, -0.15) is 0 Å². The van der Waals surface area contributed by atoms with Crippen LogP contribution < -0.4 is 5.32 Å². The number of aldehydes is 1. The quantitative estimate of drug-likeness (QED) is 0.473. The Labute approximate surface area is 110 Å². The van der Waals surface area contributed by atoms with Gasteiger partial charge in [0.25, 0.3) is 0 Å². The smallest absolute Gasteiger partial charge is 0.232 e. The SMILES string of the molecule is CC1CC(=O)N(CC(=O)CCC(=O)NCC=O)C1=O. The van der Waals surface area contributed by atoms with E-state index in [-0.39, 0.29) is 55.9 Å². The minimum atomic E-state index is -0.409. The van der Waals surface area contributed by atoms with Gasteiger partial charge in [0.05, 0.1) is 13.1 Å². The van der Waals surface area contributed by atoms with Crippen LogP contribution in [0.2, 0.25) is 0 Å². The lowest BCUT2D eigenvalue weighted by Gasteiger charge is -2.12. The Morgan fingerprint density at radius 3 is 2.58 bits per heavy atom. The van der Waals surface area contributed by atoms with Crippen molar-refractivity contribution in [2.75, 3.05) is 13.1 Å². The summed E-state index contributed by atoms with van der Waals surface area (Å²) in [7, 11) is 0. The molecule has 104 valence electrons. The fraction of sp³-hybridized carbons (Fsp3) is 0.583. The van der Waals surface area contributed by atoms with E-state index < -0.39 is 5.91 Å². The molecule has 0 aliphatic carbocycles. The Morgan fingerprint density at radius 1 is 1.37 bits per heavy atom. The normalized spacial score (nSPS) is 18.6. The summed E-state index contributed by atoms with van der Waals surface area (Å²) in [6, 6.07) is 0. The third-order valence-corrected chi connectivity index (χ3v) is 2.82. The van der Waals surface area contributed by atoms with E-state index in [4.69, 9.17) is 0 Å². The van der Waals surface area contributed by atoms with Crippen molar-refractivity contribution >= 4 is 29.8 Å². The van der Waals surface area contributed by atoms with Gasteiger partial charge in [0.15, 0.2) is 5.78 Å². The molecule has 19 heavy (non-hydrogen) atoms. The number of amides is 3. The van der Waals surface area contributed by atoms with Crippen LogP contribution in [-0.2, 0) is 24.0 Å². The summed E-state index contributed by atoms with van der Waals surface area (Å²) < 4.78 is 0. The van der Waals surface area contributed by atoms with Crippen LogP contribution in [0.3, 0.4) is 0 Å². The van der Waals surface area contributed by atoms with E-state index in [1.807, 2.05) is 0 Å². The zero-order valence-electron chi connectivity index (χ0n) is 10.7. The van der Waals surface area contributed by atoms with Crippen molar-refractivity contribution in [3.8, 4) is 0 Å². The predicted molar refractivity (Wildman–Crippen MR) is 63.8 cm³/mol. The zero-order chi connectivity index (χ0) is 14.4. The molecule has 7 nitrogen and oxygen atoms in total. The molecule has 1 rings (SSSR count). The van der Waals surface area contributed by atoms with E-state index in [0.717, 1.165) is 4.90 Å². The average Bonchev–Trinajstić information content (AvgIpc) is 2.60.